The van der Waals surface area contributed by atoms with Gasteiger partial charge in [0.15, 0.2) is 5.54 Å². The summed E-state index contributed by atoms with van der Waals surface area (Å²) in [6.07, 6.45) is -0.0628. The summed E-state index contributed by atoms with van der Waals surface area (Å²) in [6.45, 7) is 1.10. The van der Waals surface area contributed by atoms with Crippen LogP contribution < -0.4 is 10.6 Å². The number of nitrogens with one attached hydrogen (secondary N) is 2. The maximum atomic E-state index is 12.1. The second-order valence-electron chi connectivity index (χ2n) is 4.99. The first kappa shape index (κ1) is 13.1. The number of ether oxygens (including phenoxy) is 2. The SMILES string of the molecule is O=C1NC(=O)C2(CCOCC2OCc2ccccc2)N1. The van der Waals surface area contributed by atoms with Crippen LogP contribution in [0.4, 0.5) is 4.79 Å². The van der Waals surface area contributed by atoms with Crippen LogP contribution in [0.1, 0.15) is 12.0 Å². The molecule has 3 amide bonds. The van der Waals surface area contributed by atoms with Gasteiger partial charge < -0.3 is 14.8 Å². The van der Waals surface area contributed by atoms with Crippen LogP contribution in [0.5, 0.6) is 0 Å². The number of urea groups is 1. The Balaban J connectivity index is 1.73. The van der Waals surface area contributed by atoms with Gasteiger partial charge >= 0.3 is 6.03 Å². The highest BCUT2D eigenvalue weighted by Crippen LogP contribution is 2.27. The molecule has 106 valence electrons. The van der Waals surface area contributed by atoms with Crippen LogP contribution in [0, 0.1) is 0 Å². The molecule has 20 heavy (non-hydrogen) atoms. The zero-order valence-corrected chi connectivity index (χ0v) is 10.9. The molecule has 3 rings (SSSR count). The van der Waals surface area contributed by atoms with Gasteiger partial charge in [-0.2, -0.15) is 0 Å². The molecule has 2 fully saturated rings. The van der Waals surface area contributed by atoms with E-state index < -0.39 is 17.7 Å². The number of hydrogen-bond acceptors (Lipinski definition) is 4. The van der Waals surface area contributed by atoms with E-state index in [1.165, 1.54) is 0 Å². The van der Waals surface area contributed by atoms with Crippen molar-refractivity contribution in [3.05, 3.63) is 35.9 Å². The van der Waals surface area contributed by atoms with Gasteiger partial charge in [0.25, 0.3) is 5.91 Å². The summed E-state index contributed by atoms with van der Waals surface area (Å²) in [5.74, 6) is -0.330. The fourth-order valence-corrected chi connectivity index (χ4v) is 2.60. The van der Waals surface area contributed by atoms with Gasteiger partial charge in [-0.1, -0.05) is 30.3 Å². The van der Waals surface area contributed by atoms with E-state index in [-0.39, 0.29) is 5.91 Å². The van der Waals surface area contributed by atoms with Gasteiger partial charge in [0, 0.05) is 13.0 Å². The molecule has 1 spiro atoms. The van der Waals surface area contributed by atoms with Crippen molar-refractivity contribution in [1.29, 1.82) is 0 Å². The Labute approximate surface area is 116 Å². The molecular formula is C14H16N2O4. The van der Waals surface area contributed by atoms with Crippen molar-refractivity contribution in [3.63, 3.8) is 0 Å². The highest BCUT2D eigenvalue weighted by atomic mass is 16.5. The van der Waals surface area contributed by atoms with Crippen LogP contribution in [-0.2, 0) is 20.9 Å². The third-order valence-electron chi connectivity index (χ3n) is 3.72. The van der Waals surface area contributed by atoms with Crippen molar-refractivity contribution in [2.75, 3.05) is 13.2 Å². The van der Waals surface area contributed by atoms with Crippen LogP contribution in [0.25, 0.3) is 0 Å². The summed E-state index contributed by atoms with van der Waals surface area (Å²) in [5.41, 5.74) is 0.0161. The summed E-state index contributed by atoms with van der Waals surface area (Å²) in [6, 6.07) is 9.21. The van der Waals surface area contributed by atoms with Crippen molar-refractivity contribution in [2.45, 2.75) is 24.7 Å². The topological polar surface area (TPSA) is 76.7 Å². The molecule has 2 saturated heterocycles. The zero-order chi connectivity index (χ0) is 14.0. The Bertz CT molecular complexity index is 519. The van der Waals surface area contributed by atoms with Gasteiger partial charge in [-0.3, -0.25) is 10.1 Å². The van der Waals surface area contributed by atoms with Crippen molar-refractivity contribution in [1.82, 2.24) is 10.6 Å². The van der Waals surface area contributed by atoms with E-state index in [2.05, 4.69) is 10.6 Å². The van der Waals surface area contributed by atoms with Crippen LogP contribution in [0.3, 0.4) is 0 Å². The maximum absolute atomic E-state index is 12.1. The molecular weight excluding hydrogens is 260 g/mol. The molecule has 2 aliphatic rings. The molecule has 0 aliphatic carbocycles. The molecule has 2 aliphatic heterocycles. The lowest BCUT2D eigenvalue weighted by molar-refractivity contribution is -0.145. The van der Waals surface area contributed by atoms with Crippen molar-refractivity contribution >= 4 is 11.9 Å². The predicted molar refractivity (Wildman–Crippen MR) is 69.9 cm³/mol. The van der Waals surface area contributed by atoms with Crippen LogP contribution in [0.2, 0.25) is 0 Å². The molecule has 2 N–H and O–H groups in total. The smallest absolute Gasteiger partial charge is 0.322 e. The number of rotatable bonds is 3. The van der Waals surface area contributed by atoms with Gasteiger partial charge in [0.2, 0.25) is 0 Å². The van der Waals surface area contributed by atoms with E-state index in [1.807, 2.05) is 30.3 Å². The number of imide groups is 1. The van der Waals surface area contributed by atoms with Gasteiger partial charge in [0.1, 0.15) is 6.10 Å². The quantitative estimate of drug-likeness (QED) is 0.791. The first-order valence-electron chi connectivity index (χ1n) is 6.57. The van der Waals surface area contributed by atoms with Gasteiger partial charge in [-0.25, -0.2) is 4.79 Å². The van der Waals surface area contributed by atoms with E-state index in [0.717, 1.165) is 5.56 Å². The molecule has 0 bridgehead atoms. The van der Waals surface area contributed by atoms with E-state index in [9.17, 15) is 9.59 Å². The van der Waals surface area contributed by atoms with Crippen LogP contribution >= 0.6 is 0 Å². The Morgan fingerprint density at radius 2 is 2.10 bits per heavy atom. The Morgan fingerprint density at radius 1 is 1.30 bits per heavy atom. The fourth-order valence-electron chi connectivity index (χ4n) is 2.60. The van der Waals surface area contributed by atoms with Crippen molar-refractivity contribution < 1.29 is 19.1 Å². The van der Waals surface area contributed by atoms with Gasteiger partial charge in [-0.05, 0) is 5.56 Å². The van der Waals surface area contributed by atoms with Gasteiger partial charge in [-0.15, -0.1) is 0 Å². The van der Waals surface area contributed by atoms with E-state index in [4.69, 9.17) is 9.47 Å². The van der Waals surface area contributed by atoms with Crippen molar-refractivity contribution in [3.8, 4) is 0 Å². The normalized spacial score (nSPS) is 29.3. The van der Waals surface area contributed by atoms with Crippen molar-refractivity contribution in [2.24, 2.45) is 0 Å². The summed E-state index contributed by atoms with van der Waals surface area (Å²) in [5, 5.41) is 4.98. The third kappa shape index (κ3) is 2.28. The minimum Gasteiger partial charge on any atom is -0.379 e. The second-order valence-corrected chi connectivity index (χ2v) is 4.99. The minimum absolute atomic E-state index is 0.292. The lowest BCUT2D eigenvalue weighted by Gasteiger charge is -2.37. The van der Waals surface area contributed by atoms with E-state index in [1.54, 1.807) is 0 Å². The molecule has 0 radical (unpaired) electrons. The number of amides is 3. The number of benzene rings is 1. The Kier molecular flexibility index (Phi) is 3.42. The third-order valence-corrected chi connectivity index (χ3v) is 3.72. The molecule has 0 aromatic heterocycles. The summed E-state index contributed by atoms with van der Waals surface area (Å²) < 4.78 is 11.2. The molecule has 2 atom stereocenters. The molecule has 6 nitrogen and oxygen atoms in total. The number of carbonyl (C=O) groups excluding carboxylic acids is 2. The average molecular weight is 276 g/mol. The summed E-state index contributed by atoms with van der Waals surface area (Å²) >= 11 is 0. The maximum Gasteiger partial charge on any atom is 0.322 e. The standard InChI is InChI=1S/C14H16N2O4/c17-12-14(16-13(18)15-12)6-7-19-9-11(14)20-8-10-4-2-1-3-5-10/h1-5,11H,6-9H2,(H2,15,16,17,18). The monoisotopic (exact) mass is 276 g/mol. The molecule has 2 heterocycles. The summed E-state index contributed by atoms with van der Waals surface area (Å²) in [4.78, 5) is 23.5. The summed E-state index contributed by atoms with van der Waals surface area (Å²) in [7, 11) is 0. The molecule has 1 aromatic carbocycles. The predicted octanol–water partition coefficient (Wildman–Crippen LogP) is 0.570. The Hall–Kier alpha value is -1.92. The van der Waals surface area contributed by atoms with E-state index in [0.29, 0.717) is 26.2 Å². The fraction of sp³-hybridized carbons (Fsp3) is 0.429. The first-order chi connectivity index (χ1) is 9.71. The molecule has 0 saturated carbocycles. The van der Waals surface area contributed by atoms with Crippen LogP contribution in [0.15, 0.2) is 30.3 Å². The lowest BCUT2D eigenvalue weighted by Crippen LogP contribution is -2.61. The Morgan fingerprint density at radius 3 is 2.80 bits per heavy atom. The van der Waals surface area contributed by atoms with Crippen LogP contribution in [-0.4, -0.2) is 36.8 Å². The lowest BCUT2D eigenvalue weighted by atomic mass is 9.87. The second kappa shape index (κ2) is 5.22. The molecule has 1 aromatic rings. The number of hydrogen-bond donors (Lipinski definition) is 2. The largest absolute Gasteiger partial charge is 0.379 e. The van der Waals surface area contributed by atoms with Gasteiger partial charge in [0.05, 0.1) is 13.2 Å². The number of carbonyl (C=O) groups is 2. The highest BCUT2D eigenvalue weighted by molar-refractivity contribution is 6.07. The average Bonchev–Trinajstić information content (AvgIpc) is 2.74. The zero-order valence-electron chi connectivity index (χ0n) is 10.9. The van der Waals surface area contributed by atoms with E-state index >= 15 is 0 Å². The minimum atomic E-state index is -0.996. The first-order valence-corrected chi connectivity index (χ1v) is 6.57. The molecule has 2 unspecified atom stereocenters. The highest BCUT2D eigenvalue weighted by Gasteiger charge is 2.54. The molecule has 6 heteroatoms.